The number of aliphatic hydroxyl groups is 1. The summed E-state index contributed by atoms with van der Waals surface area (Å²) in [6.45, 7) is 2.26. The van der Waals surface area contributed by atoms with Gasteiger partial charge in [-0.25, -0.2) is 4.39 Å². The Labute approximate surface area is 172 Å². The van der Waals surface area contributed by atoms with Gasteiger partial charge >= 0.3 is 0 Å². The van der Waals surface area contributed by atoms with E-state index in [4.69, 9.17) is 4.74 Å². The maximum atomic E-state index is 14.2. The van der Waals surface area contributed by atoms with Gasteiger partial charge in [0.25, 0.3) is 0 Å². The summed E-state index contributed by atoms with van der Waals surface area (Å²) in [7, 11) is 1.47. The summed E-state index contributed by atoms with van der Waals surface area (Å²) in [5, 5.41) is 9.36. The molecular weight excluding hydrogens is 365 g/mol. The molecule has 0 aliphatic rings. The fraction of sp³-hybridized carbons (Fsp3) is 0.280. The smallest absolute Gasteiger partial charge is 0.165 e. The van der Waals surface area contributed by atoms with E-state index in [1.807, 2.05) is 18.2 Å². The van der Waals surface area contributed by atoms with Crippen LogP contribution in [0.4, 0.5) is 4.39 Å². The Hall–Kier alpha value is -2.69. The van der Waals surface area contributed by atoms with E-state index in [0.29, 0.717) is 13.0 Å². The zero-order valence-corrected chi connectivity index (χ0v) is 16.8. The van der Waals surface area contributed by atoms with Crippen molar-refractivity contribution < 1.29 is 14.2 Å². The third-order valence-corrected chi connectivity index (χ3v) is 5.10. The number of hydrogen-bond donors (Lipinski definition) is 1. The highest BCUT2D eigenvalue weighted by molar-refractivity contribution is 5.33. The van der Waals surface area contributed by atoms with Crippen LogP contribution in [0.1, 0.15) is 29.0 Å². The van der Waals surface area contributed by atoms with E-state index in [2.05, 4.69) is 53.4 Å². The van der Waals surface area contributed by atoms with Gasteiger partial charge in [-0.05, 0) is 35.2 Å². The van der Waals surface area contributed by atoms with Crippen LogP contribution in [0.15, 0.2) is 78.9 Å². The number of benzene rings is 3. The fourth-order valence-electron chi connectivity index (χ4n) is 3.63. The Kier molecular flexibility index (Phi) is 7.79. The van der Waals surface area contributed by atoms with Crippen LogP contribution in [-0.4, -0.2) is 36.8 Å². The Bertz CT molecular complexity index is 831. The molecule has 0 unspecified atom stereocenters. The van der Waals surface area contributed by atoms with Crippen LogP contribution in [0.5, 0.6) is 5.75 Å². The molecule has 0 aromatic heterocycles. The van der Waals surface area contributed by atoms with Crippen LogP contribution in [0.3, 0.4) is 0 Å². The first-order valence-electron chi connectivity index (χ1n) is 9.96. The molecule has 0 saturated carbocycles. The van der Waals surface area contributed by atoms with Crippen LogP contribution in [0, 0.1) is 5.82 Å². The SMILES string of the molecule is COc1ccc(CN(CCCO)CC(c2ccccc2)c2ccccc2)cc1F. The maximum absolute atomic E-state index is 14.2. The second-order valence-corrected chi connectivity index (χ2v) is 7.16. The molecule has 0 saturated heterocycles. The lowest BCUT2D eigenvalue weighted by atomic mass is 9.90. The molecule has 3 aromatic carbocycles. The number of hydrogen-bond acceptors (Lipinski definition) is 3. The van der Waals surface area contributed by atoms with E-state index in [1.54, 1.807) is 6.07 Å². The summed E-state index contributed by atoms with van der Waals surface area (Å²) in [6.07, 6.45) is 0.676. The average molecular weight is 394 g/mol. The van der Waals surface area contributed by atoms with Crippen LogP contribution >= 0.6 is 0 Å². The minimum Gasteiger partial charge on any atom is -0.494 e. The Morgan fingerprint density at radius 1 is 0.931 bits per heavy atom. The van der Waals surface area contributed by atoms with Crippen molar-refractivity contribution in [2.24, 2.45) is 0 Å². The van der Waals surface area contributed by atoms with E-state index in [1.165, 1.54) is 24.3 Å². The third kappa shape index (κ3) is 5.89. The van der Waals surface area contributed by atoms with Crippen molar-refractivity contribution in [1.29, 1.82) is 0 Å². The van der Waals surface area contributed by atoms with Gasteiger partial charge in [0.05, 0.1) is 7.11 Å². The molecule has 3 rings (SSSR count). The lowest BCUT2D eigenvalue weighted by Crippen LogP contribution is -2.30. The van der Waals surface area contributed by atoms with Gasteiger partial charge in [0.1, 0.15) is 0 Å². The molecule has 0 radical (unpaired) electrons. The predicted octanol–water partition coefficient (Wildman–Crippen LogP) is 4.85. The van der Waals surface area contributed by atoms with Gasteiger partial charge < -0.3 is 9.84 Å². The summed E-state index contributed by atoms with van der Waals surface area (Å²) in [4.78, 5) is 2.28. The Morgan fingerprint density at radius 2 is 1.55 bits per heavy atom. The molecule has 0 aliphatic carbocycles. The van der Waals surface area contributed by atoms with Crippen LogP contribution < -0.4 is 4.74 Å². The Balaban J connectivity index is 1.85. The molecule has 1 N–H and O–H groups in total. The molecule has 0 atom stereocenters. The van der Waals surface area contributed by atoms with Crippen LogP contribution in [0.2, 0.25) is 0 Å². The van der Waals surface area contributed by atoms with Crippen LogP contribution in [-0.2, 0) is 6.54 Å². The minimum absolute atomic E-state index is 0.134. The Morgan fingerprint density at radius 3 is 2.07 bits per heavy atom. The normalized spacial score (nSPS) is 11.2. The number of methoxy groups -OCH3 is 1. The lowest BCUT2D eigenvalue weighted by Gasteiger charge is -2.28. The van der Waals surface area contributed by atoms with E-state index in [9.17, 15) is 9.50 Å². The van der Waals surface area contributed by atoms with Gasteiger partial charge in [0.15, 0.2) is 11.6 Å². The van der Waals surface area contributed by atoms with Crippen molar-refractivity contribution >= 4 is 0 Å². The van der Waals surface area contributed by atoms with Gasteiger partial charge in [-0.1, -0.05) is 66.7 Å². The molecule has 4 heteroatoms. The van der Waals surface area contributed by atoms with E-state index in [0.717, 1.165) is 18.7 Å². The van der Waals surface area contributed by atoms with Crippen LogP contribution in [0.25, 0.3) is 0 Å². The zero-order chi connectivity index (χ0) is 20.5. The topological polar surface area (TPSA) is 32.7 Å². The summed E-state index contributed by atoms with van der Waals surface area (Å²) in [6, 6.07) is 26.0. The molecule has 0 aliphatic heterocycles. The highest BCUT2D eigenvalue weighted by Gasteiger charge is 2.19. The number of rotatable bonds is 10. The highest BCUT2D eigenvalue weighted by atomic mass is 19.1. The molecule has 0 spiro atoms. The molecule has 3 aromatic rings. The molecule has 0 heterocycles. The lowest BCUT2D eigenvalue weighted by molar-refractivity contribution is 0.214. The van der Waals surface area contributed by atoms with E-state index < -0.39 is 0 Å². The van der Waals surface area contributed by atoms with Crippen molar-refractivity contribution in [3.8, 4) is 5.75 Å². The number of nitrogens with zero attached hydrogens (tertiary/aromatic N) is 1. The molecule has 0 bridgehead atoms. The number of aliphatic hydroxyl groups excluding tert-OH is 1. The second-order valence-electron chi connectivity index (χ2n) is 7.16. The molecule has 152 valence electrons. The average Bonchev–Trinajstić information content (AvgIpc) is 2.77. The van der Waals surface area contributed by atoms with Crippen molar-refractivity contribution in [3.05, 3.63) is 101 Å². The van der Waals surface area contributed by atoms with Crippen molar-refractivity contribution in [1.82, 2.24) is 4.90 Å². The summed E-state index contributed by atoms with van der Waals surface area (Å²) in [5.41, 5.74) is 3.38. The number of ether oxygens (including phenoxy) is 1. The predicted molar refractivity (Wildman–Crippen MR) is 115 cm³/mol. The van der Waals surface area contributed by atoms with Gasteiger partial charge in [0, 0.05) is 32.2 Å². The molecule has 29 heavy (non-hydrogen) atoms. The van der Waals surface area contributed by atoms with Gasteiger partial charge in [-0.15, -0.1) is 0 Å². The van der Waals surface area contributed by atoms with Crippen molar-refractivity contribution in [3.63, 3.8) is 0 Å². The molecule has 0 amide bonds. The first-order chi connectivity index (χ1) is 14.2. The standard InChI is InChI=1S/C25H28FNO2/c1-29-25-14-13-20(17-24(25)26)18-27(15-8-16-28)19-23(21-9-4-2-5-10-21)22-11-6-3-7-12-22/h2-7,9-14,17,23,28H,8,15-16,18-19H2,1H3. The first kappa shape index (κ1) is 21.0. The minimum atomic E-state index is -0.352. The summed E-state index contributed by atoms with van der Waals surface area (Å²) < 4.78 is 19.2. The summed E-state index contributed by atoms with van der Waals surface area (Å²) in [5.74, 6) is 0.0936. The van der Waals surface area contributed by atoms with Gasteiger partial charge in [0.2, 0.25) is 0 Å². The second kappa shape index (κ2) is 10.7. The molecule has 3 nitrogen and oxygen atoms in total. The largest absolute Gasteiger partial charge is 0.494 e. The summed E-state index contributed by atoms with van der Waals surface area (Å²) >= 11 is 0. The molecule has 0 fully saturated rings. The fourth-order valence-corrected chi connectivity index (χ4v) is 3.63. The van der Waals surface area contributed by atoms with Gasteiger partial charge in [-0.3, -0.25) is 4.90 Å². The van der Waals surface area contributed by atoms with E-state index >= 15 is 0 Å². The maximum Gasteiger partial charge on any atom is 0.165 e. The number of halogens is 1. The van der Waals surface area contributed by atoms with Crippen molar-refractivity contribution in [2.75, 3.05) is 26.8 Å². The first-order valence-corrected chi connectivity index (χ1v) is 9.96. The van der Waals surface area contributed by atoms with E-state index in [-0.39, 0.29) is 24.1 Å². The highest BCUT2D eigenvalue weighted by Crippen LogP contribution is 2.27. The third-order valence-electron chi connectivity index (χ3n) is 5.10. The van der Waals surface area contributed by atoms with Crippen molar-refractivity contribution in [2.45, 2.75) is 18.9 Å². The van der Waals surface area contributed by atoms with Gasteiger partial charge in [-0.2, -0.15) is 0 Å². The monoisotopic (exact) mass is 393 g/mol. The quantitative estimate of drug-likeness (QED) is 0.534. The molecular formula is C25H28FNO2. The zero-order valence-electron chi connectivity index (χ0n) is 16.8.